The van der Waals surface area contributed by atoms with E-state index >= 15 is 0 Å². The number of rotatable bonds is 4. The number of piperidine rings is 1. The molecule has 1 aliphatic heterocycles. The Bertz CT molecular complexity index is 696. The molecular formula is C15H17ClN6O. The Morgan fingerprint density at radius 3 is 2.83 bits per heavy atom. The van der Waals surface area contributed by atoms with Gasteiger partial charge in [-0.1, -0.05) is 11.6 Å². The van der Waals surface area contributed by atoms with E-state index in [4.69, 9.17) is 17.3 Å². The number of hydrogen-bond acceptors (Lipinski definition) is 6. The summed E-state index contributed by atoms with van der Waals surface area (Å²) in [6.07, 6.45) is 6.92. The second-order valence-electron chi connectivity index (χ2n) is 5.40. The van der Waals surface area contributed by atoms with E-state index in [1.54, 1.807) is 18.5 Å². The normalized spacial score (nSPS) is 17.8. The molecule has 23 heavy (non-hydrogen) atoms. The minimum absolute atomic E-state index is 0.178. The van der Waals surface area contributed by atoms with Gasteiger partial charge in [-0.05, 0) is 25.0 Å². The molecule has 1 atom stereocenters. The number of nitrogens with one attached hydrogen (secondary N) is 1. The van der Waals surface area contributed by atoms with Gasteiger partial charge in [-0.3, -0.25) is 4.79 Å². The fourth-order valence-corrected chi connectivity index (χ4v) is 2.82. The molecule has 0 spiro atoms. The fourth-order valence-electron chi connectivity index (χ4n) is 2.60. The molecule has 0 aliphatic carbocycles. The number of nitrogens with zero attached hydrogens (tertiary/aromatic N) is 4. The smallest absolute Gasteiger partial charge is 0.250 e. The summed E-state index contributed by atoms with van der Waals surface area (Å²) in [7, 11) is 0. The Hall–Kier alpha value is -2.41. The van der Waals surface area contributed by atoms with Gasteiger partial charge in [0.05, 0.1) is 10.6 Å². The first-order chi connectivity index (χ1) is 11.1. The number of anilines is 2. The summed E-state index contributed by atoms with van der Waals surface area (Å²) in [5.74, 6) is 0.732. The highest BCUT2D eigenvalue weighted by molar-refractivity contribution is 6.33. The van der Waals surface area contributed by atoms with Gasteiger partial charge in [0.1, 0.15) is 5.82 Å². The third-order valence-electron chi connectivity index (χ3n) is 3.72. The summed E-state index contributed by atoms with van der Waals surface area (Å²) in [6.45, 7) is 1.68. The van der Waals surface area contributed by atoms with Gasteiger partial charge in [-0.15, -0.1) is 0 Å². The van der Waals surface area contributed by atoms with Crippen molar-refractivity contribution in [3.05, 3.63) is 41.3 Å². The van der Waals surface area contributed by atoms with Crippen LogP contribution in [0, 0.1) is 0 Å². The Morgan fingerprint density at radius 2 is 2.13 bits per heavy atom. The summed E-state index contributed by atoms with van der Waals surface area (Å²) >= 11 is 6.18. The van der Waals surface area contributed by atoms with Crippen molar-refractivity contribution in [2.45, 2.75) is 18.9 Å². The standard InChI is InChI=1S/C15H17ClN6O/c16-12-7-10(13(17)23)8-20-14(12)21-11-3-1-6-22(9-11)15-18-4-2-5-19-15/h2,4-5,7-8,11H,1,3,6,9H2,(H2,17,23)(H,20,21)/t11-/m0/s1. The van der Waals surface area contributed by atoms with Crippen molar-refractivity contribution < 1.29 is 4.79 Å². The lowest BCUT2D eigenvalue weighted by molar-refractivity contribution is 0.1000. The lowest BCUT2D eigenvalue weighted by Crippen LogP contribution is -2.43. The van der Waals surface area contributed by atoms with E-state index in [-0.39, 0.29) is 6.04 Å². The van der Waals surface area contributed by atoms with E-state index in [0.717, 1.165) is 31.9 Å². The Kier molecular flexibility index (Phi) is 4.57. The fraction of sp³-hybridized carbons (Fsp3) is 0.333. The number of hydrogen-bond donors (Lipinski definition) is 2. The highest BCUT2D eigenvalue weighted by Crippen LogP contribution is 2.24. The third-order valence-corrected chi connectivity index (χ3v) is 4.01. The summed E-state index contributed by atoms with van der Waals surface area (Å²) in [4.78, 5) is 26.0. The number of carbonyl (C=O) groups excluding carboxylic acids is 1. The van der Waals surface area contributed by atoms with E-state index < -0.39 is 5.91 Å². The van der Waals surface area contributed by atoms with Crippen LogP contribution in [-0.2, 0) is 0 Å². The van der Waals surface area contributed by atoms with Gasteiger partial charge in [0.2, 0.25) is 11.9 Å². The molecule has 0 unspecified atom stereocenters. The topological polar surface area (TPSA) is 97.0 Å². The number of pyridine rings is 1. The molecule has 7 nitrogen and oxygen atoms in total. The van der Waals surface area contributed by atoms with Gasteiger partial charge < -0.3 is 16.0 Å². The van der Waals surface area contributed by atoms with Crippen LogP contribution in [0.4, 0.5) is 11.8 Å². The van der Waals surface area contributed by atoms with Crippen LogP contribution < -0.4 is 16.0 Å². The van der Waals surface area contributed by atoms with Crippen molar-refractivity contribution >= 4 is 29.3 Å². The Balaban J connectivity index is 1.69. The number of amides is 1. The average Bonchev–Trinajstić information content (AvgIpc) is 2.57. The molecule has 2 aromatic heterocycles. The quantitative estimate of drug-likeness (QED) is 0.884. The molecule has 3 N–H and O–H groups in total. The van der Waals surface area contributed by atoms with Gasteiger partial charge in [0.15, 0.2) is 0 Å². The highest BCUT2D eigenvalue weighted by atomic mass is 35.5. The van der Waals surface area contributed by atoms with Crippen LogP contribution in [-0.4, -0.2) is 40.0 Å². The van der Waals surface area contributed by atoms with Crippen molar-refractivity contribution in [3.63, 3.8) is 0 Å². The zero-order valence-electron chi connectivity index (χ0n) is 12.4. The molecule has 3 heterocycles. The van der Waals surface area contributed by atoms with Crippen molar-refractivity contribution in [2.75, 3.05) is 23.3 Å². The number of nitrogens with two attached hydrogens (primary N) is 1. The van der Waals surface area contributed by atoms with Gasteiger partial charge in [-0.25, -0.2) is 15.0 Å². The number of carbonyl (C=O) groups is 1. The zero-order chi connectivity index (χ0) is 16.2. The monoisotopic (exact) mass is 332 g/mol. The molecule has 1 fully saturated rings. The SMILES string of the molecule is NC(=O)c1cnc(N[C@H]2CCCN(c3ncccn3)C2)c(Cl)c1. The van der Waals surface area contributed by atoms with Crippen LogP contribution in [0.25, 0.3) is 0 Å². The lowest BCUT2D eigenvalue weighted by Gasteiger charge is -2.33. The second kappa shape index (κ2) is 6.78. The van der Waals surface area contributed by atoms with E-state index in [2.05, 4.69) is 25.2 Å². The first kappa shape index (κ1) is 15.5. The first-order valence-corrected chi connectivity index (χ1v) is 7.75. The van der Waals surface area contributed by atoms with Crippen LogP contribution >= 0.6 is 11.6 Å². The molecule has 8 heteroatoms. The van der Waals surface area contributed by atoms with Crippen molar-refractivity contribution in [2.24, 2.45) is 5.73 Å². The largest absolute Gasteiger partial charge is 0.366 e. The summed E-state index contributed by atoms with van der Waals surface area (Å²) < 4.78 is 0. The van der Waals surface area contributed by atoms with Crippen LogP contribution in [0.2, 0.25) is 5.02 Å². The van der Waals surface area contributed by atoms with Gasteiger partial charge in [-0.2, -0.15) is 0 Å². The minimum atomic E-state index is -0.545. The predicted octanol–water partition coefficient (Wildman–Crippen LogP) is 1.70. The second-order valence-corrected chi connectivity index (χ2v) is 5.80. The number of aromatic nitrogens is 3. The molecule has 2 aromatic rings. The molecule has 1 aliphatic rings. The molecule has 0 saturated carbocycles. The maximum Gasteiger partial charge on any atom is 0.250 e. The molecule has 0 bridgehead atoms. The first-order valence-electron chi connectivity index (χ1n) is 7.37. The van der Waals surface area contributed by atoms with Crippen LogP contribution in [0.15, 0.2) is 30.7 Å². The predicted molar refractivity (Wildman–Crippen MR) is 88.7 cm³/mol. The average molecular weight is 333 g/mol. The summed E-state index contributed by atoms with van der Waals surface area (Å²) in [5.41, 5.74) is 5.52. The zero-order valence-corrected chi connectivity index (χ0v) is 13.2. The van der Waals surface area contributed by atoms with Crippen LogP contribution in [0.1, 0.15) is 23.2 Å². The van der Waals surface area contributed by atoms with E-state index in [1.807, 2.05) is 0 Å². The van der Waals surface area contributed by atoms with Crippen LogP contribution in [0.3, 0.4) is 0 Å². The molecular weight excluding hydrogens is 316 g/mol. The number of primary amides is 1. The molecule has 1 saturated heterocycles. The molecule has 3 rings (SSSR count). The Morgan fingerprint density at radius 1 is 1.35 bits per heavy atom. The lowest BCUT2D eigenvalue weighted by atomic mass is 10.1. The number of halogens is 1. The molecule has 120 valence electrons. The maximum absolute atomic E-state index is 11.1. The van der Waals surface area contributed by atoms with Crippen molar-refractivity contribution in [3.8, 4) is 0 Å². The van der Waals surface area contributed by atoms with Crippen LogP contribution in [0.5, 0.6) is 0 Å². The van der Waals surface area contributed by atoms with E-state index in [1.165, 1.54) is 12.3 Å². The van der Waals surface area contributed by atoms with Gasteiger partial charge in [0.25, 0.3) is 0 Å². The Labute approximate surface area is 138 Å². The van der Waals surface area contributed by atoms with Gasteiger partial charge >= 0.3 is 0 Å². The third kappa shape index (κ3) is 3.68. The van der Waals surface area contributed by atoms with Crippen molar-refractivity contribution in [1.29, 1.82) is 0 Å². The van der Waals surface area contributed by atoms with Crippen molar-refractivity contribution in [1.82, 2.24) is 15.0 Å². The summed E-state index contributed by atoms with van der Waals surface area (Å²) in [6, 6.07) is 3.50. The molecule has 0 radical (unpaired) electrons. The molecule has 1 amide bonds. The molecule has 0 aromatic carbocycles. The minimum Gasteiger partial charge on any atom is -0.366 e. The van der Waals surface area contributed by atoms with E-state index in [9.17, 15) is 4.79 Å². The summed E-state index contributed by atoms with van der Waals surface area (Å²) in [5, 5.41) is 3.71. The highest BCUT2D eigenvalue weighted by Gasteiger charge is 2.22. The maximum atomic E-state index is 11.1. The van der Waals surface area contributed by atoms with E-state index in [0.29, 0.717) is 16.4 Å². The van der Waals surface area contributed by atoms with Gasteiger partial charge in [0, 0.05) is 37.7 Å².